The molecule has 5 nitrogen and oxygen atoms in total. The van der Waals surface area contributed by atoms with Gasteiger partial charge in [0.15, 0.2) is 17.5 Å². The largest absolute Gasteiger partial charge is 0.456 e. The second-order valence-electron chi connectivity index (χ2n) is 14.0. The molecule has 8 aromatic carbocycles. The van der Waals surface area contributed by atoms with E-state index in [0.29, 0.717) is 17.5 Å². The summed E-state index contributed by atoms with van der Waals surface area (Å²) in [5, 5.41) is 4.61. The highest BCUT2D eigenvalue weighted by atomic mass is 16.3. The van der Waals surface area contributed by atoms with Gasteiger partial charge >= 0.3 is 0 Å². The van der Waals surface area contributed by atoms with Crippen LogP contribution in [0.4, 0.5) is 0 Å². The van der Waals surface area contributed by atoms with Crippen LogP contribution in [0.25, 0.3) is 106 Å². The fourth-order valence-electron chi connectivity index (χ4n) is 7.97. The summed E-state index contributed by atoms with van der Waals surface area (Å²) >= 11 is 0. The number of benzene rings is 8. The zero-order valence-electron chi connectivity index (χ0n) is 30.2. The van der Waals surface area contributed by atoms with E-state index in [9.17, 15) is 0 Å². The van der Waals surface area contributed by atoms with Crippen molar-refractivity contribution in [2.45, 2.75) is 0 Å². The summed E-state index contributed by atoms with van der Waals surface area (Å²) in [5.41, 5.74) is 12.3. The number of furan rings is 1. The van der Waals surface area contributed by atoms with E-state index in [2.05, 4.69) is 126 Å². The van der Waals surface area contributed by atoms with Crippen molar-refractivity contribution >= 4 is 43.7 Å². The minimum atomic E-state index is 0.614. The average Bonchev–Trinajstić information content (AvgIpc) is 3.82. The third-order valence-corrected chi connectivity index (χ3v) is 10.7. The smallest absolute Gasteiger partial charge is 0.164 e. The molecule has 262 valence electrons. The lowest BCUT2D eigenvalue weighted by Gasteiger charge is -2.16. The third-order valence-electron chi connectivity index (χ3n) is 10.7. The van der Waals surface area contributed by atoms with Gasteiger partial charge in [0.25, 0.3) is 0 Å². The summed E-state index contributed by atoms with van der Waals surface area (Å²) in [4.78, 5) is 15.1. The standard InChI is InChI=1S/C51H32N4O/c1-4-14-33(15-5-1)39-27-25-38(51-53-49(34-16-6-2-7-17-34)52-50(54-51)35-18-8-3-9-19-35)31-46(39)55-44-22-12-10-20-40(44)43-30-36(26-29-45(43)55)37-24-28-42-41-21-11-13-23-47(41)56-48(42)32-37/h1-32H. The maximum absolute atomic E-state index is 6.28. The van der Waals surface area contributed by atoms with Gasteiger partial charge in [0.05, 0.1) is 16.7 Å². The molecule has 0 aliphatic carbocycles. The Morgan fingerprint density at radius 2 is 0.839 bits per heavy atom. The van der Waals surface area contributed by atoms with Crippen LogP contribution in [0.2, 0.25) is 0 Å². The van der Waals surface area contributed by atoms with Gasteiger partial charge in [-0.2, -0.15) is 0 Å². The van der Waals surface area contributed by atoms with Crippen LogP contribution in [0.3, 0.4) is 0 Å². The van der Waals surface area contributed by atoms with Crippen molar-refractivity contribution in [3.8, 4) is 62.1 Å². The second kappa shape index (κ2) is 13.0. The minimum absolute atomic E-state index is 0.614. The Morgan fingerprint density at radius 3 is 1.55 bits per heavy atom. The molecular weight excluding hydrogens is 685 g/mol. The third kappa shape index (κ3) is 5.37. The molecule has 56 heavy (non-hydrogen) atoms. The number of aromatic nitrogens is 4. The SMILES string of the molecule is c1ccc(-c2nc(-c3ccccc3)nc(-c3ccc(-c4ccccc4)c(-n4c5ccccc5c5cc(-c6ccc7c(c6)oc6ccccc67)ccc54)c3)n2)cc1. The molecule has 3 aromatic heterocycles. The summed E-state index contributed by atoms with van der Waals surface area (Å²) in [7, 11) is 0. The van der Waals surface area contributed by atoms with E-state index in [1.54, 1.807) is 0 Å². The van der Waals surface area contributed by atoms with Crippen LogP contribution >= 0.6 is 0 Å². The Balaban J connectivity index is 1.12. The number of hydrogen-bond donors (Lipinski definition) is 0. The maximum Gasteiger partial charge on any atom is 0.164 e. The zero-order valence-corrected chi connectivity index (χ0v) is 30.2. The molecule has 0 atom stereocenters. The Bertz CT molecular complexity index is 3180. The van der Waals surface area contributed by atoms with E-state index in [1.807, 2.05) is 72.8 Å². The number of fused-ring (bicyclic) bond motifs is 6. The van der Waals surface area contributed by atoms with Crippen LogP contribution in [0, 0.1) is 0 Å². The summed E-state index contributed by atoms with van der Waals surface area (Å²) < 4.78 is 8.67. The van der Waals surface area contributed by atoms with Gasteiger partial charge in [-0.05, 0) is 59.2 Å². The van der Waals surface area contributed by atoms with Gasteiger partial charge < -0.3 is 8.98 Å². The maximum atomic E-state index is 6.28. The summed E-state index contributed by atoms with van der Waals surface area (Å²) in [6.07, 6.45) is 0. The fraction of sp³-hybridized carbons (Fsp3) is 0. The van der Waals surface area contributed by atoms with E-state index < -0.39 is 0 Å². The molecule has 0 aliphatic heterocycles. The molecule has 0 fully saturated rings. The molecule has 0 saturated heterocycles. The topological polar surface area (TPSA) is 56.7 Å². The van der Waals surface area contributed by atoms with Gasteiger partial charge in [-0.1, -0.05) is 152 Å². The lowest BCUT2D eigenvalue weighted by atomic mass is 10.00. The van der Waals surface area contributed by atoms with Crippen molar-refractivity contribution in [3.63, 3.8) is 0 Å². The van der Waals surface area contributed by atoms with E-state index in [4.69, 9.17) is 19.4 Å². The molecule has 0 radical (unpaired) electrons. The first-order valence-electron chi connectivity index (χ1n) is 18.8. The molecule has 5 heteroatoms. The predicted molar refractivity (Wildman–Crippen MR) is 229 cm³/mol. The Hall–Kier alpha value is -7.63. The van der Waals surface area contributed by atoms with Gasteiger partial charge in [-0.25, -0.2) is 15.0 Å². The quantitative estimate of drug-likeness (QED) is 0.172. The molecule has 0 aliphatic rings. The molecule has 0 spiro atoms. The monoisotopic (exact) mass is 716 g/mol. The van der Waals surface area contributed by atoms with E-state index in [-0.39, 0.29) is 0 Å². The van der Waals surface area contributed by atoms with Crippen LogP contribution in [0.15, 0.2) is 199 Å². The zero-order chi connectivity index (χ0) is 37.0. The van der Waals surface area contributed by atoms with Crippen LogP contribution in [0.1, 0.15) is 0 Å². The molecular formula is C51H32N4O. The van der Waals surface area contributed by atoms with Gasteiger partial charge in [0.2, 0.25) is 0 Å². The summed E-state index contributed by atoms with van der Waals surface area (Å²) in [5.74, 6) is 1.88. The second-order valence-corrected chi connectivity index (χ2v) is 14.0. The Kier molecular flexibility index (Phi) is 7.42. The van der Waals surface area contributed by atoms with E-state index >= 15 is 0 Å². The highest BCUT2D eigenvalue weighted by Gasteiger charge is 2.20. The van der Waals surface area contributed by atoms with Crippen LogP contribution in [-0.2, 0) is 0 Å². The number of nitrogens with zero attached hydrogens (tertiary/aromatic N) is 4. The Labute approximate surface area is 322 Å². The number of para-hydroxylation sites is 2. The van der Waals surface area contributed by atoms with Crippen molar-refractivity contribution in [2.75, 3.05) is 0 Å². The van der Waals surface area contributed by atoms with Crippen molar-refractivity contribution in [2.24, 2.45) is 0 Å². The van der Waals surface area contributed by atoms with Gasteiger partial charge in [-0.15, -0.1) is 0 Å². The molecule has 0 N–H and O–H groups in total. The van der Waals surface area contributed by atoms with Crippen molar-refractivity contribution in [1.29, 1.82) is 0 Å². The number of hydrogen-bond acceptors (Lipinski definition) is 4. The first kappa shape index (κ1) is 31.9. The molecule has 0 unspecified atom stereocenters. The number of rotatable bonds is 6. The molecule has 0 saturated carbocycles. The predicted octanol–water partition coefficient (Wildman–Crippen LogP) is 13.2. The first-order valence-corrected chi connectivity index (χ1v) is 18.8. The molecule has 3 heterocycles. The van der Waals surface area contributed by atoms with Gasteiger partial charge in [0.1, 0.15) is 11.2 Å². The lowest BCUT2D eigenvalue weighted by molar-refractivity contribution is 0.669. The summed E-state index contributed by atoms with van der Waals surface area (Å²) in [6.45, 7) is 0. The molecule has 0 amide bonds. The van der Waals surface area contributed by atoms with Crippen LogP contribution in [-0.4, -0.2) is 19.5 Å². The Morgan fingerprint density at radius 1 is 0.321 bits per heavy atom. The summed E-state index contributed by atoms with van der Waals surface area (Å²) in [6, 6.07) is 67.6. The lowest BCUT2D eigenvalue weighted by Crippen LogP contribution is -2.02. The normalized spacial score (nSPS) is 11.6. The van der Waals surface area contributed by atoms with Crippen LogP contribution < -0.4 is 0 Å². The van der Waals surface area contributed by atoms with Crippen molar-refractivity contribution < 1.29 is 4.42 Å². The van der Waals surface area contributed by atoms with Crippen molar-refractivity contribution in [3.05, 3.63) is 194 Å². The highest BCUT2D eigenvalue weighted by molar-refractivity contribution is 6.11. The minimum Gasteiger partial charge on any atom is -0.456 e. The highest BCUT2D eigenvalue weighted by Crippen LogP contribution is 2.40. The van der Waals surface area contributed by atoms with Crippen LogP contribution in [0.5, 0.6) is 0 Å². The first-order chi connectivity index (χ1) is 27.7. The van der Waals surface area contributed by atoms with Crippen molar-refractivity contribution in [1.82, 2.24) is 19.5 Å². The van der Waals surface area contributed by atoms with E-state index in [0.717, 1.165) is 77.6 Å². The fourth-order valence-corrected chi connectivity index (χ4v) is 7.97. The molecule has 11 aromatic rings. The van der Waals surface area contributed by atoms with E-state index in [1.165, 1.54) is 10.8 Å². The molecule has 0 bridgehead atoms. The van der Waals surface area contributed by atoms with Gasteiger partial charge in [0, 0.05) is 43.8 Å². The average molecular weight is 717 g/mol. The molecule has 11 rings (SSSR count). The van der Waals surface area contributed by atoms with Gasteiger partial charge in [-0.3, -0.25) is 0 Å².